The van der Waals surface area contributed by atoms with Gasteiger partial charge in [0.25, 0.3) is 5.56 Å². The van der Waals surface area contributed by atoms with Gasteiger partial charge in [-0.2, -0.15) is 4.31 Å². The van der Waals surface area contributed by atoms with Gasteiger partial charge in [0.15, 0.2) is 0 Å². The van der Waals surface area contributed by atoms with Crippen molar-refractivity contribution in [1.29, 1.82) is 0 Å². The number of aromatic nitrogens is 3. The molecule has 0 unspecified atom stereocenters. The molecule has 26 heavy (non-hydrogen) atoms. The van der Waals surface area contributed by atoms with Gasteiger partial charge in [-0.05, 0) is 17.7 Å². The summed E-state index contributed by atoms with van der Waals surface area (Å²) in [4.78, 5) is 12.4. The van der Waals surface area contributed by atoms with Gasteiger partial charge < -0.3 is 0 Å². The average molecular weight is 376 g/mol. The summed E-state index contributed by atoms with van der Waals surface area (Å²) in [5.41, 5.74) is 0.559. The second-order valence-electron chi connectivity index (χ2n) is 5.86. The Morgan fingerprint density at radius 2 is 1.88 bits per heavy atom. The van der Waals surface area contributed by atoms with Gasteiger partial charge in [0.05, 0.1) is 18.2 Å². The van der Waals surface area contributed by atoms with Crippen LogP contribution in [0.2, 0.25) is 0 Å². The number of hydrogen-bond acceptors (Lipinski definition) is 5. The highest BCUT2D eigenvalue weighted by Crippen LogP contribution is 2.10. The zero-order valence-electron chi connectivity index (χ0n) is 14.0. The summed E-state index contributed by atoms with van der Waals surface area (Å²) < 4.78 is 39.7. The normalized spacial score (nSPS) is 12.0. The van der Waals surface area contributed by atoms with Crippen molar-refractivity contribution in [2.45, 2.75) is 13.1 Å². The third kappa shape index (κ3) is 4.12. The van der Waals surface area contributed by atoms with Gasteiger partial charge in [0, 0.05) is 19.2 Å². The van der Waals surface area contributed by atoms with E-state index in [0.29, 0.717) is 0 Å². The lowest BCUT2D eigenvalue weighted by Gasteiger charge is -2.20. The fourth-order valence-corrected chi connectivity index (χ4v) is 3.35. The Balaban J connectivity index is 1.83. The smallest absolute Gasteiger partial charge is 0.267 e. The lowest BCUT2D eigenvalue weighted by atomic mass is 10.2. The third-order valence-electron chi connectivity index (χ3n) is 3.92. The highest BCUT2D eigenvalue weighted by atomic mass is 32.2. The van der Waals surface area contributed by atoms with Gasteiger partial charge in [-0.3, -0.25) is 4.79 Å². The van der Waals surface area contributed by atoms with E-state index < -0.39 is 21.4 Å². The molecule has 0 amide bonds. The number of halogens is 1. The van der Waals surface area contributed by atoms with Crippen molar-refractivity contribution in [2.24, 2.45) is 0 Å². The number of rotatable bonds is 6. The number of hydrogen-bond donors (Lipinski definition) is 0. The van der Waals surface area contributed by atoms with Crippen molar-refractivity contribution in [3.63, 3.8) is 0 Å². The molecule has 0 aliphatic heterocycles. The molecule has 2 aromatic carbocycles. The van der Waals surface area contributed by atoms with Crippen LogP contribution in [0, 0.1) is 5.82 Å². The summed E-state index contributed by atoms with van der Waals surface area (Å²) in [6.45, 7) is 0.300. The van der Waals surface area contributed by atoms with Crippen LogP contribution in [0.5, 0.6) is 0 Å². The predicted molar refractivity (Wildman–Crippen MR) is 95.5 cm³/mol. The van der Waals surface area contributed by atoms with Crippen molar-refractivity contribution < 1.29 is 12.8 Å². The minimum Gasteiger partial charge on any atom is -0.267 e. The molecule has 0 atom stereocenters. The minimum absolute atomic E-state index is 0.0407. The first-order valence-electron chi connectivity index (χ1n) is 7.87. The largest absolute Gasteiger partial charge is 0.277 e. The lowest BCUT2D eigenvalue weighted by molar-refractivity contribution is 0.372. The molecule has 1 heterocycles. The Bertz CT molecular complexity index is 1080. The second kappa shape index (κ2) is 7.30. The molecule has 0 radical (unpaired) electrons. The van der Waals surface area contributed by atoms with Crippen LogP contribution in [0.3, 0.4) is 0 Å². The fourth-order valence-electron chi connectivity index (χ4n) is 2.55. The van der Waals surface area contributed by atoms with Crippen molar-refractivity contribution in [2.75, 3.05) is 12.8 Å². The number of nitrogens with zero attached hydrogens (tertiary/aromatic N) is 4. The number of sulfonamides is 1. The molecule has 0 fully saturated rings. The lowest BCUT2D eigenvalue weighted by Crippen LogP contribution is -2.35. The molecular formula is C17H17FN4O3S. The first-order chi connectivity index (χ1) is 12.3. The molecule has 0 N–H and O–H groups in total. The molecular weight excluding hydrogens is 359 g/mol. The Labute approximate surface area is 149 Å². The second-order valence-corrected chi connectivity index (χ2v) is 7.84. The molecule has 0 bridgehead atoms. The van der Waals surface area contributed by atoms with E-state index in [0.717, 1.165) is 22.6 Å². The van der Waals surface area contributed by atoms with Gasteiger partial charge >= 0.3 is 0 Å². The van der Waals surface area contributed by atoms with Crippen LogP contribution in [-0.4, -0.2) is 40.5 Å². The van der Waals surface area contributed by atoms with E-state index in [2.05, 4.69) is 10.3 Å². The van der Waals surface area contributed by atoms with E-state index in [-0.39, 0.29) is 30.5 Å². The summed E-state index contributed by atoms with van der Waals surface area (Å²) >= 11 is 0. The Hall–Kier alpha value is -2.65. The molecule has 3 aromatic rings. The highest BCUT2D eigenvalue weighted by molar-refractivity contribution is 7.88. The van der Waals surface area contributed by atoms with E-state index in [9.17, 15) is 17.6 Å². The molecule has 9 heteroatoms. The van der Waals surface area contributed by atoms with Gasteiger partial charge in [0.2, 0.25) is 10.0 Å². The zero-order valence-corrected chi connectivity index (χ0v) is 14.9. The number of benzene rings is 2. The Morgan fingerprint density at radius 1 is 1.15 bits per heavy atom. The average Bonchev–Trinajstić information content (AvgIpc) is 2.60. The van der Waals surface area contributed by atoms with Crippen LogP contribution in [0.4, 0.5) is 4.39 Å². The van der Waals surface area contributed by atoms with Crippen LogP contribution < -0.4 is 5.56 Å². The molecule has 7 nitrogen and oxygen atoms in total. The van der Waals surface area contributed by atoms with Gasteiger partial charge in [-0.1, -0.05) is 35.5 Å². The summed E-state index contributed by atoms with van der Waals surface area (Å²) in [6.07, 6.45) is 1.12. The zero-order chi connectivity index (χ0) is 18.7. The van der Waals surface area contributed by atoms with E-state index >= 15 is 0 Å². The molecule has 0 saturated carbocycles. The highest BCUT2D eigenvalue weighted by Gasteiger charge is 2.18. The van der Waals surface area contributed by atoms with E-state index in [1.54, 1.807) is 0 Å². The Morgan fingerprint density at radius 3 is 2.58 bits per heavy atom. The van der Waals surface area contributed by atoms with E-state index in [1.165, 1.54) is 16.4 Å². The van der Waals surface area contributed by atoms with E-state index in [4.69, 9.17) is 0 Å². The van der Waals surface area contributed by atoms with Crippen LogP contribution in [-0.2, 0) is 23.1 Å². The maximum absolute atomic E-state index is 13.2. The van der Waals surface area contributed by atoms with Crippen LogP contribution >= 0.6 is 0 Å². The quantitative estimate of drug-likeness (QED) is 0.649. The molecule has 0 saturated heterocycles. The first kappa shape index (κ1) is 18.2. The summed E-state index contributed by atoms with van der Waals surface area (Å²) in [7, 11) is -3.47. The Kier molecular flexibility index (Phi) is 5.10. The first-order valence-corrected chi connectivity index (χ1v) is 9.71. The minimum atomic E-state index is -3.47. The molecule has 0 aliphatic carbocycles. The van der Waals surface area contributed by atoms with Crippen LogP contribution in [0.1, 0.15) is 5.56 Å². The predicted octanol–water partition coefficient (Wildman–Crippen LogP) is 1.39. The van der Waals surface area contributed by atoms with Crippen molar-refractivity contribution >= 4 is 20.9 Å². The maximum atomic E-state index is 13.2. The molecule has 0 spiro atoms. The summed E-state index contributed by atoms with van der Waals surface area (Å²) in [5.74, 6) is -0.505. The molecule has 1 aromatic heterocycles. The molecule has 3 rings (SSSR count). The summed E-state index contributed by atoms with van der Waals surface area (Å²) in [5, 5.41) is 7.84. The van der Waals surface area contributed by atoms with Gasteiger partial charge in [0.1, 0.15) is 11.3 Å². The summed E-state index contributed by atoms with van der Waals surface area (Å²) in [6, 6.07) is 12.8. The van der Waals surface area contributed by atoms with Gasteiger partial charge in [-0.15, -0.1) is 5.10 Å². The van der Waals surface area contributed by atoms with Crippen LogP contribution in [0.15, 0.2) is 53.3 Å². The fraction of sp³-hybridized carbons (Fsp3) is 0.235. The van der Waals surface area contributed by atoms with Crippen molar-refractivity contribution in [3.05, 3.63) is 70.3 Å². The van der Waals surface area contributed by atoms with Crippen LogP contribution in [0.25, 0.3) is 10.9 Å². The SMILES string of the molecule is CS(=O)(=O)N(CCn1nnc2cc(F)ccc2c1=O)Cc1ccccc1. The molecule has 136 valence electrons. The van der Waals surface area contributed by atoms with Crippen molar-refractivity contribution in [3.8, 4) is 0 Å². The number of fused-ring (bicyclic) bond motifs is 1. The van der Waals surface area contributed by atoms with E-state index in [1.807, 2.05) is 30.3 Å². The molecule has 0 aliphatic rings. The standard InChI is InChI=1S/C17H17FN4O3S/c1-26(24,25)21(12-13-5-3-2-4-6-13)9-10-22-17(23)15-8-7-14(18)11-16(15)19-20-22/h2-8,11H,9-10,12H2,1H3. The monoisotopic (exact) mass is 376 g/mol. The van der Waals surface area contributed by atoms with Gasteiger partial charge in [-0.25, -0.2) is 17.5 Å². The topological polar surface area (TPSA) is 85.2 Å². The maximum Gasteiger partial charge on any atom is 0.277 e. The van der Waals surface area contributed by atoms with Crippen molar-refractivity contribution in [1.82, 2.24) is 19.3 Å². The third-order valence-corrected chi connectivity index (χ3v) is 5.17.